The van der Waals surface area contributed by atoms with Gasteiger partial charge in [0.25, 0.3) is 0 Å². The summed E-state index contributed by atoms with van der Waals surface area (Å²) in [5, 5.41) is 8.84. The van der Waals surface area contributed by atoms with Crippen molar-refractivity contribution in [2.45, 2.75) is 26.1 Å². The van der Waals surface area contributed by atoms with E-state index in [4.69, 9.17) is 19.5 Å². The lowest BCUT2D eigenvalue weighted by molar-refractivity contribution is -0.167. The van der Waals surface area contributed by atoms with E-state index < -0.39 is 17.7 Å². The Kier molecular flexibility index (Phi) is 4.06. The van der Waals surface area contributed by atoms with E-state index >= 15 is 0 Å². The molecule has 5 heteroatoms. The van der Waals surface area contributed by atoms with Crippen LogP contribution in [0.2, 0.25) is 0 Å². The maximum atomic E-state index is 11.3. The van der Waals surface area contributed by atoms with Crippen LogP contribution in [0.25, 0.3) is 0 Å². The number of nitrogens with zero attached hydrogens (tertiary/aromatic N) is 1. The third-order valence-electron chi connectivity index (χ3n) is 2.20. The Morgan fingerprint density at radius 3 is 2.67 bits per heavy atom. The molecule has 0 saturated carbocycles. The second-order valence-corrected chi connectivity index (χ2v) is 3.47. The first-order valence-corrected chi connectivity index (χ1v) is 4.95. The van der Waals surface area contributed by atoms with Crippen LogP contribution in [-0.4, -0.2) is 31.6 Å². The molecule has 84 valence electrons. The van der Waals surface area contributed by atoms with Crippen molar-refractivity contribution < 1.29 is 19.0 Å². The first kappa shape index (κ1) is 12.0. The van der Waals surface area contributed by atoms with E-state index in [1.165, 1.54) is 0 Å². The van der Waals surface area contributed by atoms with Gasteiger partial charge in [0.15, 0.2) is 5.79 Å². The highest BCUT2D eigenvalue weighted by Crippen LogP contribution is 2.27. The standard InChI is InChI=1S/C10H15NO4/c1-3-13-9(12)8(7-11)6-10(2)14-4-5-15-10/h8H,3-6H2,1-2H3/t8-/m1/s1. The van der Waals surface area contributed by atoms with E-state index in [-0.39, 0.29) is 13.0 Å². The zero-order valence-corrected chi connectivity index (χ0v) is 8.99. The Balaban J connectivity index is 2.53. The number of rotatable bonds is 4. The van der Waals surface area contributed by atoms with Crippen LogP contribution in [0.3, 0.4) is 0 Å². The van der Waals surface area contributed by atoms with Crippen LogP contribution in [0.4, 0.5) is 0 Å². The number of esters is 1. The zero-order valence-electron chi connectivity index (χ0n) is 8.99. The summed E-state index contributed by atoms with van der Waals surface area (Å²) in [5.41, 5.74) is 0. The number of hydrogen-bond acceptors (Lipinski definition) is 5. The molecule has 0 spiro atoms. The van der Waals surface area contributed by atoms with Crippen LogP contribution in [-0.2, 0) is 19.0 Å². The Morgan fingerprint density at radius 2 is 2.20 bits per heavy atom. The highest BCUT2D eigenvalue weighted by Gasteiger charge is 2.37. The maximum absolute atomic E-state index is 11.3. The van der Waals surface area contributed by atoms with Gasteiger partial charge < -0.3 is 14.2 Å². The van der Waals surface area contributed by atoms with E-state index in [2.05, 4.69) is 0 Å². The molecule has 5 nitrogen and oxygen atoms in total. The molecule has 0 aromatic heterocycles. The lowest BCUT2D eigenvalue weighted by atomic mass is 10.0. The number of carbonyl (C=O) groups is 1. The van der Waals surface area contributed by atoms with Gasteiger partial charge in [0, 0.05) is 6.42 Å². The molecule has 0 unspecified atom stereocenters. The molecule has 15 heavy (non-hydrogen) atoms. The molecule has 0 aliphatic carbocycles. The maximum Gasteiger partial charge on any atom is 0.323 e. The Labute approximate surface area is 88.9 Å². The molecule has 1 aliphatic rings. The molecule has 0 bridgehead atoms. The van der Waals surface area contributed by atoms with Gasteiger partial charge in [-0.15, -0.1) is 0 Å². The minimum atomic E-state index is -0.826. The van der Waals surface area contributed by atoms with Crippen molar-refractivity contribution in [1.29, 1.82) is 5.26 Å². The molecule has 0 aromatic carbocycles. The molecule has 1 aliphatic heterocycles. The van der Waals surface area contributed by atoms with E-state index in [1.807, 2.05) is 6.07 Å². The van der Waals surface area contributed by atoms with Crippen LogP contribution < -0.4 is 0 Å². The summed E-state index contributed by atoms with van der Waals surface area (Å²) in [7, 11) is 0. The Hall–Kier alpha value is -1.12. The van der Waals surface area contributed by atoms with Crippen molar-refractivity contribution in [3.63, 3.8) is 0 Å². The predicted molar refractivity (Wildman–Crippen MR) is 50.7 cm³/mol. The topological polar surface area (TPSA) is 68.6 Å². The van der Waals surface area contributed by atoms with Crippen molar-refractivity contribution in [3.8, 4) is 6.07 Å². The molecule has 1 saturated heterocycles. The molecular formula is C10H15NO4. The molecular weight excluding hydrogens is 198 g/mol. The highest BCUT2D eigenvalue weighted by atomic mass is 16.7. The molecule has 0 N–H and O–H groups in total. The van der Waals surface area contributed by atoms with Gasteiger partial charge in [0.1, 0.15) is 5.92 Å². The van der Waals surface area contributed by atoms with Crippen molar-refractivity contribution in [3.05, 3.63) is 0 Å². The van der Waals surface area contributed by atoms with Crippen molar-refractivity contribution >= 4 is 5.97 Å². The summed E-state index contributed by atoms with van der Waals surface area (Å²) in [4.78, 5) is 11.3. The summed E-state index contributed by atoms with van der Waals surface area (Å²) in [6, 6.07) is 1.90. The predicted octanol–water partition coefficient (Wildman–Crippen LogP) is 0.842. The lowest BCUT2D eigenvalue weighted by Crippen LogP contribution is -2.32. The monoisotopic (exact) mass is 213 g/mol. The van der Waals surface area contributed by atoms with Gasteiger partial charge in [-0.1, -0.05) is 0 Å². The van der Waals surface area contributed by atoms with E-state index in [1.54, 1.807) is 13.8 Å². The second-order valence-electron chi connectivity index (χ2n) is 3.47. The summed E-state index contributed by atoms with van der Waals surface area (Å²) in [6.45, 7) is 4.70. The quantitative estimate of drug-likeness (QED) is 0.647. The average molecular weight is 213 g/mol. The SMILES string of the molecule is CCOC(=O)[C@@H](C#N)CC1(C)OCCO1. The van der Waals surface area contributed by atoms with Crippen molar-refractivity contribution in [2.24, 2.45) is 5.92 Å². The second kappa shape index (κ2) is 5.10. The van der Waals surface area contributed by atoms with Crippen LogP contribution in [0, 0.1) is 17.2 Å². The molecule has 0 amide bonds. The normalized spacial score (nSPS) is 20.6. The fraction of sp³-hybridized carbons (Fsp3) is 0.800. The van der Waals surface area contributed by atoms with Crippen LogP contribution in [0.1, 0.15) is 20.3 Å². The number of ether oxygens (including phenoxy) is 3. The average Bonchev–Trinajstić information content (AvgIpc) is 2.62. The van der Waals surface area contributed by atoms with E-state index in [0.717, 1.165) is 0 Å². The summed E-state index contributed by atoms with van der Waals surface area (Å²) in [5.74, 6) is -2.17. The van der Waals surface area contributed by atoms with Gasteiger partial charge in [-0.2, -0.15) is 5.26 Å². The van der Waals surface area contributed by atoms with Crippen molar-refractivity contribution in [2.75, 3.05) is 19.8 Å². The fourth-order valence-corrected chi connectivity index (χ4v) is 1.47. The molecule has 1 atom stereocenters. The summed E-state index contributed by atoms with van der Waals surface area (Å²) >= 11 is 0. The molecule has 1 fully saturated rings. The van der Waals surface area contributed by atoms with Gasteiger partial charge in [0.2, 0.25) is 0 Å². The minimum absolute atomic E-state index is 0.211. The first-order valence-electron chi connectivity index (χ1n) is 4.95. The van der Waals surface area contributed by atoms with Crippen LogP contribution in [0.15, 0.2) is 0 Å². The summed E-state index contributed by atoms with van der Waals surface area (Å²) < 4.78 is 15.4. The Bertz CT molecular complexity index is 265. The first-order chi connectivity index (χ1) is 7.11. The van der Waals surface area contributed by atoms with Gasteiger partial charge in [-0.3, -0.25) is 4.79 Å². The molecule has 1 heterocycles. The summed E-state index contributed by atoms with van der Waals surface area (Å²) in [6.07, 6.45) is 0.211. The minimum Gasteiger partial charge on any atom is -0.465 e. The van der Waals surface area contributed by atoms with Gasteiger partial charge in [-0.05, 0) is 13.8 Å². The smallest absolute Gasteiger partial charge is 0.323 e. The fourth-order valence-electron chi connectivity index (χ4n) is 1.47. The third kappa shape index (κ3) is 3.18. The van der Waals surface area contributed by atoms with E-state index in [0.29, 0.717) is 13.2 Å². The van der Waals surface area contributed by atoms with E-state index in [9.17, 15) is 4.79 Å². The third-order valence-corrected chi connectivity index (χ3v) is 2.20. The molecule has 1 rings (SSSR count). The van der Waals surface area contributed by atoms with Crippen molar-refractivity contribution in [1.82, 2.24) is 0 Å². The van der Waals surface area contributed by atoms with Crippen LogP contribution in [0.5, 0.6) is 0 Å². The van der Waals surface area contributed by atoms with Crippen LogP contribution >= 0.6 is 0 Å². The number of nitriles is 1. The molecule has 0 radical (unpaired) electrons. The lowest BCUT2D eigenvalue weighted by Gasteiger charge is -2.23. The zero-order chi connectivity index (χ0) is 11.3. The number of hydrogen-bond donors (Lipinski definition) is 0. The Morgan fingerprint density at radius 1 is 1.60 bits per heavy atom. The van der Waals surface area contributed by atoms with Gasteiger partial charge >= 0.3 is 5.97 Å². The van der Waals surface area contributed by atoms with Gasteiger partial charge in [0.05, 0.1) is 25.9 Å². The number of carbonyl (C=O) groups excluding carboxylic acids is 1. The molecule has 0 aromatic rings. The van der Waals surface area contributed by atoms with Gasteiger partial charge in [-0.25, -0.2) is 0 Å². The highest BCUT2D eigenvalue weighted by molar-refractivity contribution is 5.75. The largest absolute Gasteiger partial charge is 0.465 e.